The van der Waals surface area contributed by atoms with Crippen molar-refractivity contribution < 1.29 is 21.6 Å². The number of halogens is 5. The third-order valence-electron chi connectivity index (χ3n) is 3.57. The molecule has 3 aromatic rings. The summed E-state index contributed by atoms with van der Waals surface area (Å²) in [4.78, 5) is 3.61. The van der Waals surface area contributed by atoms with Crippen LogP contribution in [0.3, 0.4) is 0 Å². The molecule has 1 aromatic carbocycles. The Balaban J connectivity index is 1.77. The van der Waals surface area contributed by atoms with E-state index in [-0.39, 0.29) is 32.9 Å². The summed E-state index contributed by atoms with van der Waals surface area (Å²) in [6, 6.07) is 6.69. The minimum atomic E-state index is -4.55. The van der Waals surface area contributed by atoms with Gasteiger partial charge in [-0.25, -0.2) is 8.42 Å². The van der Waals surface area contributed by atoms with Crippen molar-refractivity contribution in [3.63, 3.8) is 0 Å². The van der Waals surface area contributed by atoms with Crippen molar-refractivity contribution in [2.45, 2.75) is 17.6 Å². The molecule has 2 heterocycles. The van der Waals surface area contributed by atoms with Crippen LogP contribution >= 0.6 is 23.2 Å². The van der Waals surface area contributed by atoms with Crippen LogP contribution in [0.25, 0.3) is 0 Å². The number of hydrogen-bond donors (Lipinski definition) is 1. The van der Waals surface area contributed by atoms with Crippen LogP contribution in [0.1, 0.15) is 11.3 Å². The van der Waals surface area contributed by atoms with Gasteiger partial charge in [-0.3, -0.25) is 14.4 Å². The molecule has 0 amide bonds. The van der Waals surface area contributed by atoms with Gasteiger partial charge in [-0.05, 0) is 18.2 Å². The Morgan fingerprint density at radius 3 is 2.46 bits per heavy atom. The van der Waals surface area contributed by atoms with Crippen LogP contribution in [0.4, 0.5) is 18.9 Å². The van der Waals surface area contributed by atoms with Crippen molar-refractivity contribution >= 4 is 38.9 Å². The summed E-state index contributed by atoms with van der Waals surface area (Å²) in [5.41, 5.74) is -0.670. The lowest BCUT2D eigenvalue weighted by Gasteiger charge is -2.09. The molecule has 6 nitrogen and oxygen atoms in total. The highest BCUT2D eigenvalue weighted by Crippen LogP contribution is 2.31. The van der Waals surface area contributed by atoms with Crippen molar-refractivity contribution in [3.05, 3.63) is 70.2 Å². The number of hydrogen-bond acceptors (Lipinski definition) is 4. The second kappa shape index (κ2) is 7.61. The van der Waals surface area contributed by atoms with Crippen LogP contribution in [0, 0.1) is 0 Å². The van der Waals surface area contributed by atoms with E-state index < -0.39 is 21.8 Å². The van der Waals surface area contributed by atoms with Crippen LogP contribution in [-0.2, 0) is 22.7 Å². The number of benzene rings is 1. The maximum Gasteiger partial charge on any atom is 0.417 e. The van der Waals surface area contributed by atoms with E-state index in [2.05, 4.69) is 14.8 Å². The summed E-state index contributed by atoms with van der Waals surface area (Å²) in [5.74, 6) is 0. The molecule has 0 saturated heterocycles. The standard InChI is InChI=1S/C16H11Cl2F3N4O2S/c17-12-3-1-2-4-15(12)28(26,27)24-11-7-23-25(8-11)9-14-13(18)5-10(6-22-14)16(19,20)21/h1-8,24H,9H2. The minimum absolute atomic E-state index is 0.0508. The molecule has 0 aliphatic rings. The zero-order valence-corrected chi connectivity index (χ0v) is 16.1. The number of sulfonamides is 1. The maximum absolute atomic E-state index is 12.7. The van der Waals surface area contributed by atoms with Crippen LogP contribution in [0.5, 0.6) is 0 Å². The van der Waals surface area contributed by atoms with Gasteiger partial charge < -0.3 is 0 Å². The second-order valence-electron chi connectivity index (χ2n) is 5.61. The van der Waals surface area contributed by atoms with E-state index >= 15 is 0 Å². The molecule has 0 saturated carbocycles. The van der Waals surface area contributed by atoms with Gasteiger partial charge in [0, 0.05) is 12.4 Å². The topological polar surface area (TPSA) is 76.9 Å². The third kappa shape index (κ3) is 4.57. The number of aromatic nitrogens is 3. The highest BCUT2D eigenvalue weighted by molar-refractivity contribution is 7.92. The van der Waals surface area contributed by atoms with Gasteiger partial charge in [0.15, 0.2) is 0 Å². The molecule has 2 aromatic heterocycles. The van der Waals surface area contributed by atoms with Crippen LogP contribution in [-0.4, -0.2) is 23.2 Å². The van der Waals surface area contributed by atoms with Gasteiger partial charge in [0.2, 0.25) is 0 Å². The number of anilines is 1. The van der Waals surface area contributed by atoms with E-state index in [1.165, 1.54) is 35.3 Å². The zero-order chi connectivity index (χ0) is 20.5. The number of rotatable bonds is 5. The van der Waals surface area contributed by atoms with Gasteiger partial charge in [0.1, 0.15) is 4.90 Å². The van der Waals surface area contributed by atoms with Gasteiger partial charge in [0.25, 0.3) is 10.0 Å². The molecule has 0 unspecified atom stereocenters. The van der Waals surface area contributed by atoms with Crippen molar-refractivity contribution in [1.29, 1.82) is 0 Å². The van der Waals surface area contributed by atoms with Gasteiger partial charge in [0.05, 0.1) is 39.7 Å². The summed E-state index contributed by atoms with van der Waals surface area (Å²) in [5, 5.41) is 3.84. The first-order valence-electron chi connectivity index (χ1n) is 7.58. The maximum atomic E-state index is 12.7. The van der Waals surface area contributed by atoms with Gasteiger partial charge in [-0.2, -0.15) is 18.3 Å². The van der Waals surface area contributed by atoms with E-state index in [0.29, 0.717) is 6.20 Å². The van der Waals surface area contributed by atoms with Crippen molar-refractivity contribution in [2.75, 3.05) is 4.72 Å². The molecular formula is C16H11Cl2F3N4O2S. The van der Waals surface area contributed by atoms with Gasteiger partial charge in [-0.15, -0.1) is 0 Å². The Morgan fingerprint density at radius 1 is 1.11 bits per heavy atom. The molecule has 0 aliphatic heterocycles. The Morgan fingerprint density at radius 2 is 1.82 bits per heavy atom. The molecule has 0 spiro atoms. The van der Waals surface area contributed by atoms with Crippen LogP contribution in [0.15, 0.2) is 53.8 Å². The normalized spacial score (nSPS) is 12.2. The van der Waals surface area contributed by atoms with Crippen molar-refractivity contribution in [1.82, 2.24) is 14.8 Å². The molecule has 148 valence electrons. The lowest BCUT2D eigenvalue weighted by molar-refractivity contribution is -0.137. The quantitative estimate of drug-likeness (QED) is 0.622. The highest BCUT2D eigenvalue weighted by atomic mass is 35.5. The Hall–Kier alpha value is -2.30. The second-order valence-corrected chi connectivity index (χ2v) is 8.08. The predicted octanol–water partition coefficient (Wildman–Crippen LogP) is 4.45. The summed E-state index contributed by atoms with van der Waals surface area (Å²) >= 11 is 11.8. The van der Waals surface area contributed by atoms with Gasteiger partial charge in [-0.1, -0.05) is 35.3 Å². The fraction of sp³-hybridized carbons (Fsp3) is 0.125. The largest absolute Gasteiger partial charge is 0.417 e. The molecule has 0 radical (unpaired) electrons. The Labute approximate surface area is 168 Å². The van der Waals surface area contributed by atoms with E-state index in [1.54, 1.807) is 6.07 Å². The number of nitrogens with one attached hydrogen (secondary N) is 1. The Bertz CT molecular complexity index is 1120. The molecule has 0 aliphatic carbocycles. The molecule has 0 bridgehead atoms. The fourth-order valence-electron chi connectivity index (χ4n) is 2.27. The average Bonchev–Trinajstić information content (AvgIpc) is 3.02. The van der Waals surface area contributed by atoms with Gasteiger partial charge >= 0.3 is 6.18 Å². The summed E-state index contributed by atoms with van der Waals surface area (Å²) in [6.07, 6.45) is -1.28. The van der Waals surface area contributed by atoms with E-state index in [0.717, 1.165) is 6.07 Å². The Kier molecular flexibility index (Phi) is 5.55. The predicted molar refractivity (Wildman–Crippen MR) is 97.8 cm³/mol. The highest BCUT2D eigenvalue weighted by Gasteiger charge is 2.31. The lowest BCUT2D eigenvalue weighted by atomic mass is 10.2. The lowest BCUT2D eigenvalue weighted by Crippen LogP contribution is -2.13. The summed E-state index contributed by atoms with van der Waals surface area (Å²) in [6.45, 7) is -0.0508. The molecule has 12 heteroatoms. The first-order valence-corrected chi connectivity index (χ1v) is 9.81. The third-order valence-corrected chi connectivity index (χ3v) is 5.78. The number of alkyl halides is 3. The smallest absolute Gasteiger partial charge is 0.276 e. The zero-order valence-electron chi connectivity index (χ0n) is 13.8. The monoisotopic (exact) mass is 450 g/mol. The molecule has 1 N–H and O–H groups in total. The van der Waals surface area contributed by atoms with Crippen molar-refractivity contribution in [2.24, 2.45) is 0 Å². The minimum Gasteiger partial charge on any atom is -0.276 e. The summed E-state index contributed by atoms with van der Waals surface area (Å²) < 4.78 is 66.4. The first kappa shape index (κ1) is 20.4. The summed E-state index contributed by atoms with van der Waals surface area (Å²) in [7, 11) is -3.94. The van der Waals surface area contributed by atoms with Crippen LogP contribution in [0.2, 0.25) is 10.0 Å². The van der Waals surface area contributed by atoms with E-state index in [1.807, 2.05) is 0 Å². The van der Waals surface area contributed by atoms with E-state index in [9.17, 15) is 21.6 Å². The first-order chi connectivity index (χ1) is 13.1. The number of nitrogens with zero attached hydrogens (tertiary/aromatic N) is 3. The molecule has 28 heavy (non-hydrogen) atoms. The SMILES string of the molecule is O=S(=O)(Nc1cnn(Cc2ncc(C(F)(F)F)cc2Cl)c1)c1ccccc1Cl. The van der Waals surface area contributed by atoms with Crippen LogP contribution < -0.4 is 4.72 Å². The molecule has 3 rings (SSSR count). The molecular weight excluding hydrogens is 440 g/mol. The molecule has 0 fully saturated rings. The number of pyridine rings is 1. The van der Waals surface area contributed by atoms with E-state index in [4.69, 9.17) is 23.2 Å². The average molecular weight is 451 g/mol. The fourth-order valence-corrected chi connectivity index (χ4v) is 4.04. The van der Waals surface area contributed by atoms with Crippen molar-refractivity contribution in [3.8, 4) is 0 Å². The molecule has 0 atom stereocenters.